The van der Waals surface area contributed by atoms with Crippen LogP contribution in [0.1, 0.15) is 17.2 Å². The van der Waals surface area contributed by atoms with Gasteiger partial charge in [0.05, 0.1) is 20.3 Å². The third-order valence-electron chi connectivity index (χ3n) is 4.71. The van der Waals surface area contributed by atoms with Crippen molar-refractivity contribution in [2.75, 3.05) is 25.0 Å². The third-order valence-corrected chi connectivity index (χ3v) is 5.81. The van der Waals surface area contributed by atoms with E-state index in [1.54, 1.807) is 12.1 Å². The summed E-state index contributed by atoms with van der Waals surface area (Å²) in [5.74, 6) is -0.215. The number of H-pyrrole nitrogens is 1. The minimum atomic E-state index is -0.396. The fourth-order valence-corrected chi connectivity index (χ4v) is 4.45. The van der Waals surface area contributed by atoms with E-state index in [9.17, 15) is 9.50 Å². The number of nitrogens with one attached hydrogen (secondary N) is 2. The summed E-state index contributed by atoms with van der Waals surface area (Å²) in [6.45, 7) is 1.42. The van der Waals surface area contributed by atoms with Crippen LogP contribution < -0.4 is 9.46 Å². The van der Waals surface area contributed by atoms with E-state index in [4.69, 9.17) is 16.3 Å². The Kier molecular flexibility index (Phi) is 5.19. The normalized spacial score (nSPS) is 17.1. The lowest BCUT2D eigenvalue weighted by Crippen LogP contribution is -2.31. The van der Waals surface area contributed by atoms with Crippen molar-refractivity contribution in [3.63, 3.8) is 0 Å². The molecule has 0 fully saturated rings. The second-order valence-electron chi connectivity index (χ2n) is 6.45. The predicted octanol–water partition coefficient (Wildman–Crippen LogP) is 4.54. The molecule has 1 aliphatic heterocycles. The highest BCUT2D eigenvalue weighted by Gasteiger charge is 2.29. The Balaban J connectivity index is 1.54. The van der Waals surface area contributed by atoms with Crippen LogP contribution in [-0.4, -0.2) is 34.7 Å². The Bertz CT molecular complexity index is 981. The maximum Gasteiger partial charge on any atom is 0.165 e. The van der Waals surface area contributed by atoms with Gasteiger partial charge in [-0.05, 0) is 35.9 Å². The molecule has 4 rings (SSSR count). The molecule has 1 aliphatic rings. The summed E-state index contributed by atoms with van der Waals surface area (Å²) in [7, 11) is 1.44. The molecule has 142 valence electrons. The van der Waals surface area contributed by atoms with E-state index in [-0.39, 0.29) is 18.3 Å². The van der Waals surface area contributed by atoms with Crippen LogP contribution in [0.15, 0.2) is 36.4 Å². The van der Waals surface area contributed by atoms with Gasteiger partial charge in [-0.1, -0.05) is 11.6 Å². The van der Waals surface area contributed by atoms with E-state index >= 15 is 0 Å². The van der Waals surface area contributed by atoms with Gasteiger partial charge in [0.15, 0.2) is 11.6 Å². The first-order valence-electron chi connectivity index (χ1n) is 8.51. The number of hydrogen-bond donors (Lipinski definition) is 3. The zero-order chi connectivity index (χ0) is 19.0. The number of anilines is 1. The second-order valence-corrected chi connectivity index (χ2v) is 7.79. The molecule has 0 bridgehead atoms. The summed E-state index contributed by atoms with van der Waals surface area (Å²) in [6, 6.07) is 10.4. The molecular weight excluding hydrogens is 389 g/mol. The largest absolute Gasteiger partial charge is 0.494 e. The van der Waals surface area contributed by atoms with Crippen molar-refractivity contribution in [3.05, 3.63) is 58.5 Å². The number of ether oxygens (including phenoxy) is 1. The number of nitrogens with zero attached hydrogens (tertiary/aromatic N) is 1. The van der Waals surface area contributed by atoms with Gasteiger partial charge in [0.1, 0.15) is 0 Å². The third kappa shape index (κ3) is 3.60. The van der Waals surface area contributed by atoms with Crippen molar-refractivity contribution >= 4 is 40.3 Å². The molecule has 3 aromatic rings. The van der Waals surface area contributed by atoms with E-state index < -0.39 is 5.82 Å². The lowest BCUT2D eigenvalue weighted by atomic mass is 9.94. The number of rotatable bonds is 5. The minimum Gasteiger partial charge on any atom is -0.494 e. The molecular formula is C19H19ClFN3O2S. The Morgan fingerprint density at radius 3 is 3.00 bits per heavy atom. The number of aromatic nitrogens is 1. The Morgan fingerprint density at radius 2 is 2.22 bits per heavy atom. The molecule has 2 heterocycles. The summed E-state index contributed by atoms with van der Waals surface area (Å²) in [5.41, 5.74) is 3.97. The van der Waals surface area contributed by atoms with Crippen LogP contribution in [0.4, 0.5) is 10.1 Å². The zero-order valence-electron chi connectivity index (χ0n) is 14.6. The molecule has 3 N–H and O–H groups in total. The summed E-state index contributed by atoms with van der Waals surface area (Å²) < 4.78 is 23.9. The van der Waals surface area contributed by atoms with Crippen molar-refractivity contribution in [1.29, 1.82) is 0 Å². The van der Waals surface area contributed by atoms with Crippen molar-refractivity contribution in [2.45, 2.75) is 12.5 Å². The van der Waals surface area contributed by atoms with Crippen molar-refractivity contribution in [3.8, 4) is 5.75 Å². The van der Waals surface area contributed by atoms with Crippen molar-refractivity contribution in [2.24, 2.45) is 0 Å². The summed E-state index contributed by atoms with van der Waals surface area (Å²) in [4.78, 5) is 3.44. The van der Waals surface area contributed by atoms with Crippen LogP contribution in [0.2, 0.25) is 5.02 Å². The van der Waals surface area contributed by atoms with Gasteiger partial charge in [-0.25, -0.2) is 8.70 Å². The van der Waals surface area contributed by atoms with Crippen LogP contribution in [0, 0.1) is 5.82 Å². The number of fused-ring (bicyclic) bond motifs is 3. The van der Waals surface area contributed by atoms with E-state index in [1.807, 2.05) is 18.2 Å². The smallest absolute Gasteiger partial charge is 0.165 e. The first kappa shape index (κ1) is 18.4. The summed E-state index contributed by atoms with van der Waals surface area (Å²) in [6.07, 6.45) is 0. The number of halogens is 2. The Morgan fingerprint density at radius 1 is 1.37 bits per heavy atom. The van der Waals surface area contributed by atoms with E-state index in [0.29, 0.717) is 18.1 Å². The van der Waals surface area contributed by atoms with Crippen LogP contribution in [0.25, 0.3) is 10.9 Å². The van der Waals surface area contributed by atoms with Gasteiger partial charge in [0.2, 0.25) is 0 Å². The lowest BCUT2D eigenvalue weighted by Gasteiger charge is -2.31. The minimum absolute atomic E-state index is 0.0157. The highest BCUT2D eigenvalue weighted by molar-refractivity contribution is 7.98. The molecule has 27 heavy (non-hydrogen) atoms. The first-order valence-corrected chi connectivity index (χ1v) is 9.66. The molecule has 8 heteroatoms. The SMILES string of the molecule is COc1cc(NSN2Cc3[nH]c4ccc(Cl)cc4c3C(CO)C2)ccc1F. The average Bonchev–Trinajstić information content (AvgIpc) is 3.04. The molecule has 1 atom stereocenters. The maximum atomic E-state index is 13.5. The van der Waals surface area contributed by atoms with Gasteiger partial charge in [0.25, 0.3) is 0 Å². The summed E-state index contributed by atoms with van der Waals surface area (Å²) in [5, 5.41) is 11.7. The molecule has 0 amide bonds. The number of benzene rings is 2. The fraction of sp³-hybridized carbons (Fsp3) is 0.263. The van der Waals surface area contributed by atoms with Gasteiger partial charge >= 0.3 is 0 Å². The highest BCUT2D eigenvalue weighted by atomic mass is 35.5. The van der Waals surface area contributed by atoms with Crippen molar-refractivity contribution < 1.29 is 14.2 Å². The van der Waals surface area contributed by atoms with Crippen LogP contribution in [0.5, 0.6) is 5.75 Å². The van der Waals surface area contributed by atoms with E-state index in [1.165, 1.54) is 25.3 Å². The number of methoxy groups -OCH3 is 1. The predicted molar refractivity (Wildman–Crippen MR) is 108 cm³/mol. The fourth-order valence-electron chi connectivity index (χ4n) is 3.47. The van der Waals surface area contributed by atoms with Gasteiger partial charge in [-0.2, -0.15) is 0 Å². The van der Waals surface area contributed by atoms with Gasteiger partial charge in [-0.15, -0.1) is 0 Å². The number of aliphatic hydroxyl groups is 1. The van der Waals surface area contributed by atoms with Gasteiger partial charge in [0, 0.05) is 58.0 Å². The maximum absolute atomic E-state index is 13.5. The summed E-state index contributed by atoms with van der Waals surface area (Å²) >= 11 is 7.57. The molecule has 0 radical (unpaired) electrons. The molecule has 0 saturated carbocycles. The Hall–Kier alpha value is -1.93. The first-order chi connectivity index (χ1) is 13.1. The monoisotopic (exact) mass is 407 g/mol. The number of hydrogen-bond acceptors (Lipinski definition) is 5. The zero-order valence-corrected chi connectivity index (χ0v) is 16.2. The molecule has 5 nitrogen and oxygen atoms in total. The van der Waals surface area contributed by atoms with Gasteiger partial charge < -0.3 is 19.5 Å². The van der Waals surface area contributed by atoms with Crippen LogP contribution in [0.3, 0.4) is 0 Å². The number of aromatic amines is 1. The van der Waals surface area contributed by atoms with Crippen molar-refractivity contribution in [1.82, 2.24) is 9.29 Å². The molecule has 1 unspecified atom stereocenters. The Labute approximate surface area is 165 Å². The molecule has 0 aliphatic carbocycles. The molecule has 0 spiro atoms. The average molecular weight is 408 g/mol. The van der Waals surface area contributed by atoms with E-state index in [2.05, 4.69) is 14.0 Å². The quantitative estimate of drug-likeness (QED) is 0.542. The van der Waals surface area contributed by atoms with Gasteiger partial charge in [-0.3, -0.25) is 0 Å². The topological polar surface area (TPSA) is 60.5 Å². The van der Waals surface area contributed by atoms with Crippen LogP contribution >= 0.6 is 23.7 Å². The van der Waals surface area contributed by atoms with E-state index in [0.717, 1.165) is 27.8 Å². The highest BCUT2D eigenvalue weighted by Crippen LogP contribution is 2.38. The second kappa shape index (κ2) is 7.59. The lowest BCUT2D eigenvalue weighted by molar-refractivity contribution is 0.236. The standard InChI is InChI=1S/C19H19ClFN3O2S/c1-26-18-7-13(3-4-15(18)21)23-27-24-8-11(10-25)19-14-6-12(20)2-5-16(14)22-17(19)9-24/h2-7,11,22-23,25H,8-10H2,1H3. The molecule has 1 aromatic heterocycles. The molecule has 0 saturated heterocycles. The number of aliphatic hydroxyl groups excluding tert-OH is 1. The molecule has 2 aromatic carbocycles. The van der Waals surface area contributed by atoms with Crippen LogP contribution in [-0.2, 0) is 6.54 Å².